The molecule has 0 atom stereocenters. The van der Waals surface area contributed by atoms with Crippen LogP contribution in [0.3, 0.4) is 0 Å². The first-order chi connectivity index (χ1) is 9.68. The van der Waals surface area contributed by atoms with Crippen molar-refractivity contribution in [3.05, 3.63) is 60.2 Å². The fraction of sp³-hybridized carbons (Fsp3) is 0.214. The summed E-state index contributed by atoms with van der Waals surface area (Å²) in [6.07, 6.45) is 3.52. The third-order valence-corrected chi connectivity index (χ3v) is 3.16. The number of hydrogen-bond acceptors (Lipinski definition) is 4. The van der Waals surface area contributed by atoms with Gasteiger partial charge in [-0.1, -0.05) is 12.1 Å². The van der Waals surface area contributed by atoms with Crippen molar-refractivity contribution < 1.29 is 0 Å². The van der Waals surface area contributed by atoms with Gasteiger partial charge in [-0.15, -0.1) is 0 Å². The van der Waals surface area contributed by atoms with Gasteiger partial charge in [-0.05, 0) is 36.5 Å². The van der Waals surface area contributed by atoms with E-state index in [0.29, 0.717) is 5.11 Å². The average Bonchev–Trinajstić information content (AvgIpc) is 2.49. The molecule has 2 aromatic rings. The summed E-state index contributed by atoms with van der Waals surface area (Å²) in [6, 6.07) is 11.4. The second-order valence-electron chi connectivity index (χ2n) is 4.41. The van der Waals surface area contributed by atoms with Crippen molar-refractivity contribution in [2.24, 2.45) is 0 Å². The van der Waals surface area contributed by atoms with Crippen LogP contribution in [0.1, 0.15) is 17.4 Å². The second-order valence-corrected chi connectivity index (χ2v) is 4.80. The Morgan fingerprint density at radius 3 is 2.00 bits per heavy atom. The first-order valence-electron chi connectivity index (χ1n) is 6.23. The van der Waals surface area contributed by atoms with E-state index in [-0.39, 0.29) is 6.04 Å². The minimum atomic E-state index is -0.171. The van der Waals surface area contributed by atoms with E-state index in [4.69, 9.17) is 12.2 Å². The molecule has 0 radical (unpaired) electrons. The first-order valence-corrected chi connectivity index (χ1v) is 6.64. The summed E-state index contributed by atoms with van der Waals surface area (Å²) in [6.45, 7) is 0. The summed E-state index contributed by atoms with van der Waals surface area (Å²) in [7, 11) is 3.76. The Morgan fingerprint density at radius 1 is 1.05 bits per heavy atom. The van der Waals surface area contributed by atoms with E-state index in [2.05, 4.69) is 20.8 Å². The molecule has 0 saturated carbocycles. The molecule has 0 amide bonds. The number of thiocarbonyl (C=S) groups is 1. The fourth-order valence-corrected chi connectivity index (χ4v) is 1.70. The molecule has 20 heavy (non-hydrogen) atoms. The van der Waals surface area contributed by atoms with Gasteiger partial charge in [0.15, 0.2) is 5.11 Å². The third-order valence-electron chi connectivity index (χ3n) is 2.70. The molecule has 0 spiro atoms. The zero-order valence-electron chi connectivity index (χ0n) is 11.4. The Kier molecular flexibility index (Phi) is 4.97. The van der Waals surface area contributed by atoms with E-state index in [9.17, 15) is 0 Å². The van der Waals surface area contributed by atoms with Gasteiger partial charge < -0.3 is 4.90 Å². The molecule has 2 heterocycles. The molecular weight excluding hydrogens is 270 g/mol. The van der Waals surface area contributed by atoms with Crippen LogP contribution >= 0.6 is 12.2 Å². The number of nitrogens with zero attached hydrogens (tertiary/aromatic N) is 3. The maximum atomic E-state index is 5.21. The predicted octanol–water partition coefficient (Wildman–Crippen LogP) is 1.51. The number of aromatic nitrogens is 2. The van der Waals surface area contributed by atoms with Gasteiger partial charge in [0, 0.05) is 26.5 Å². The maximum Gasteiger partial charge on any atom is 0.182 e. The lowest BCUT2D eigenvalue weighted by molar-refractivity contribution is 0.508. The first kappa shape index (κ1) is 14.4. The summed E-state index contributed by atoms with van der Waals surface area (Å²) >= 11 is 5.21. The Hall–Kier alpha value is -2.05. The number of hydrogen-bond donors (Lipinski definition) is 2. The molecule has 5 nitrogen and oxygen atoms in total. The molecule has 0 saturated heterocycles. The Balaban J connectivity index is 2.20. The van der Waals surface area contributed by atoms with Crippen LogP contribution in [0.2, 0.25) is 0 Å². The zero-order valence-corrected chi connectivity index (χ0v) is 12.3. The van der Waals surface area contributed by atoms with E-state index in [1.54, 1.807) is 12.4 Å². The van der Waals surface area contributed by atoms with Crippen LogP contribution in [-0.2, 0) is 0 Å². The van der Waals surface area contributed by atoms with Gasteiger partial charge in [0.25, 0.3) is 0 Å². The van der Waals surface area contributed by atoms with Crippen LogP contribution in [0.25, 0.3) is 0 Å². The minimum Gasteiger partial charge on any atom is -0.354 e. The lowest BCUT2D eigenvalue weighted by atomic mass is 10.1. The molecule has 0 aliphatic rings. The van der Waals surface area contributed by atoms with E-state index < -0.39 is 0 Å². The summed E-state index contributed by atoms with van der Waals surface area (Å²) in [4.78, 5) is 10.6. The van der Waals surface area contributed by atoms with Gasteiger partial charge in [0.05, 0.1) is 11.4 Å². The smallest absolute Gasteiger partial charge is 0.182 e. The normalized spacial score (nSPS) is 10.3. The van der Waals surface area contributed by atoms with E-state index in [1.165, 1.54) is 0 Å². The van der Waals surface area contributed by atoms with Crippen molar-refractivity contribution in [1.82, 2.24) is 25.7 Å². The van der Waals surface area contributed by atoms with Gasteiger partial charge >= 0.3 is 0 Å². The average molecular weight is 287 g/mol. The highest BCUT2D eigenvalue weighted by Crippen LogP contribution is 2.16. The lowest BCUT2D eigenvalue weighted by Gasteiger charge is -2.22. The van der Waals surface area contributed by atoms with Gasteiger partial charge in [-0.3, -0.25) is 15.4 Å². The van der Waals surface area contributed by atoms with Crippen molar-refractivity contribution in [3.8, 4) is 0 Å². The predicted molar refractivity (Wildman–Crippen MR) is 82.9 cm³/mol. The summed E-state index contributed by atoms with van der Waals surface area (Å²) in [5, 5.41) is 0.599. The van der Waals surface area contributed by atoms with Crippen LogP contribution in [0.4, 0.5) is 0 Å². The van der Waals surface area contributed by atoms with E-state index in [1.807, 2.05) is 55.4 Å². The molecule has 0 aromatic carbocycles. The molecule has 0 aliphatic heterocycles. The van der Waals surface area contributed by atoms with Crippen LogP contribution < -0.4 is 10.9 Å². The molecule has 6 heteroatoms. The molecule has 0 aliphatic carbocycles. The summed E-state index contributed by atoms with van der Waals surface area (Å²) in [5.41, 5.74) is 7.93. The van der Waals surface area contributed by atoms with Crippen molar-refractivity contribution in [3.63, 3.8) is 0 Å². The topological polar surface area (TPSA) is 53.1 Å². The molecular formula is C14H17N5S. The van der Waals surface area contributed by atoms with Gasteiger partial charge in [-0.2, -0.15) is 0 Å². The SMILES string of the molecule is CN(C)C(=S)NNC(c1ccccn1)c1ccccn1. The number of pyridine rings is 2. The standard InChI is InChI=1S/C14H17N5S/c1-19(2)14(20)18-17-13(11-7-3-5-9-15-11)12-8-4-6-10-16-12/h3-10,13,17H,1-2H3,(H,18,20). The molecule has 104 valence electrons. The van der Waals surface area contributed by atoms with E-state index >= 15 is 0 Å². The highest BCUT2D eigenvalue weighted by molar-refractivity contribution is 7.80. The van der Waals surface area contributed by atoms with Gasteiger partial charge in [-0.25, -0.2) is 5.43 Å². The maximum absolute atomic E-state index is 5.21. The largest absolute Gasteiger partial charge is 0.354 e. The van der Waals surface area contributed by atoms with Crippen LogP contribution in [0, 0.1) is 0 Å². The van der Waals surface area contributed by atoms with Crippen LogP contribution in [-0.4, -0.2) is 34.1 Å². The van der Waals surface area contributed by atoms with Gasteiger partial charge in [0.1, 0.15) is 6.04 Å². The van der Waals surface area contributed by atoms with Crippen molar-refractivity contribution in [2.75, 3.05) is 14.1 Å². The lowest BCUT2D eigenvalue weighted by Crippen LogP contribution is -2.45. The number of nitrogens with one attached hydrogen (secondary N) is 2. The third kappa shape index (κ3) is 3.72. The summed E-state index contributed by atoms with van der Waals surface area (Å²) < 4.78 is 0. The second kappa shape index (κ2) is 6.93. The van der Waals surface area contributed by atoms with Crippen molar-refractivity contribution in [1.29, 1.82) is 0 Å². The molecule has 0 fully saturated rings. The molecule has 0 unspecified atom stereocenters. The van der Waals surface area contributed by atoms with Gasteiger partial charge in [0.2, 0.25) is 0 Å². The highest BCUT2D eigenvalue weighted by atomic mass is 32.1. The Labute approximate surface area is 124 Å². The number of rotatable bonds is 4. The molecule has 0 bridgehead atoms. The molecule has 2 N–H and O–H groups in total. The zero-order chi connectivity index (χ0) is 14.4. The van der Waals surface area contributed by atoms with E-state index in [0.717, 1.165) is 11.4 Å². The van der Waals surface area contributed by atoms with Crippen molar-refractivity contribution >= 4 is 17.3 Å². The minimum absolute atomic E-state index is 0.171. The Bertz CT molecular complexity index is 505. The summed E-state index contributed by atoms with van der Waals surface area (Å²) in [5.74, 6) is 0. The van der Waals surface area contributed by atoms with Crippen molar-refractivity contribution in [2.45, 2.75) is 6.04 Å². The van der Waals surface area contributed by atoms with Crippen LogP contribution in [0.5, 0.6) is 0 Å². The Morgan fingerprint density at radius 2 is 1.60 bits per heavy atom. The fourth-order valence-electron chi connectivity index (χ4n) is 1.64. The highest BCUT2D eigenvalue weighted by Gasteiger charge is 2.16. The quantitative estimate of drug-likeness (QED) is 0.657. The monoisotopic (exact) mass is 287 g/mol. The van der Waals surface area contributed by atoms with Crippen LogP contribution in [0.15, 0.2) is 48.8 Å². The molecule has 2 rings (SSSR count). The number of hydrazine groups is 1. The molecule has 2 aromatic heterocycles.